The van der Waals surface area contributed by atoms with Crippen LogP contribution in [-0.4, -0.2) is 67.2 Å². The summed E-state index contributed by atoms with van der Waals surface area (Å²) in [4.78, 5) is 26.3. The van der Waals surface area contributed by atoms with Crippen LogP contribution in [0.25, 0.3) is 0 Å². The van der Waals surface area contributed by atoms with Crippen molar-refractivity contribution in [3.8, 4) is 0 Å². The second kappa shape index (κ2) is 11.1. The van der Waals surface area contributed by atoms with Crippen LogP contribution in [0.2, 0.25) is 0 Å². The second-order valence-electron chi connectivity index (χ2n) is 5.71. The Bertz CT molecular complexity index is 373. The number of rotatable bonds is 7. The van der Waals surface area contributed by atoms with E-state index < -0.39 is 0 Å². The fourth-order valence-electron chi connectivity index (χ4n) is 2.81. The summed E-state index contributed by atoms with van der Waals surface area (Å²) in [6.07, 6.45) is 2.38. The maximum Gasteiger partial charge on any atom is 0.240 e. The molecule has 8 heteroatoms. The normalized spacial score (nSPS) is 21.8. The Balaban J connectivity index is 0.00000264. The number of nitrogens with one attached hydrogen (secondary N) is 2. The molecule has 2 fully saturated rings. The number of amides is 2. The summed E-state index contributed by atoms with van der Waals surface area (Å²) in [6, 6.07) is -0.0334. The summed E-state index contributed by atoms with van der Waals surface area (Å²) in [5.41, 5.74) is 0. The molecule has 0 aromatic heterocycles. The van der Waals surface area contributed by atoms with Gasteiger partial charge in [0.05, 0.1) is 6.04 Å². The van der Waals surface area contributed by atoms with Crippen molar-refractivity contribution >= 4 is 36.0 Å². The van der Waals surface area contributed by atoms with Crippen LogP contribution in [-0.2, 0) is 14.3 Å². The summed E-state index contributed by atoms with van der Waals surface area (Å²) in [5.74, 6) is 2.08. The Labute approximate surface area is 148 Å². The smallest absolute Gasteiger partial charge is 0.240 e. The Hall–Kier alpha value is -0.500. The van der Waals surface area contributed by atoms with E-state index in [-0.39, 0.29) is 36.2 Å². The van der Waals surface area contributed by atoms with E-state index in [0.717, 1.165) is 37.5 Å². The molecule has 2 saturated heterocycles. The summed E-state index contributed by atoms with van der Waals surface area (Å²) < 4.78 is 5.25. The van der Waals surface area contributed by atoms with Gasteiger partial charge in [-0.25, -0.2) is 0 Å². The number of piperidine rings is 1. The van der Waals surface area contributed by atoms with Gasteiger partial charge >= 0.3 is 0 Å². The van der Waals surface area contributed by atoms with Gasteiger partial charge in [0.25, 0.3) is 0 Å². The number of thioether (sulfide) groups is 1. The van der Waals surface area contributed by atoms with E-state index in [4.69, 9.17) is 4.74 Å². The van der Waals surface area contributed by atoms with Crippen molar-refractivity contribution in [1.82, 2.24) is 15.5 Å². The zero-order valence-electron chi connectivity index (χ0n) is 13.7. The number of carbonyl (C=O) groups is 2. The lowest BCUT2D eigenvalue weighted by molar-refractivity contribution is -0.136. The fourth-order valence-corrected chi connectivity index (χ4v) is 3.74. The van der Waals surface area contributed by atoms with Crippen molar-refractivity contribution in [2.45, 2.75) is 32.2 Å². The Morgan fingerprint density at radius 2 is 2.09 bits per heavy atom. The third-order valence-corrected chi connectivity index (χ3v) is 5.10. The van der Waals surface area contributed by atoms with Gasteiger partial charge in [-0.3, -0.25) is 14.9 Å². The molecule has 2 N–H and O–H groups in total. The highest BCUT2D eigenvalue weighted by atomic mass is 35.5. The largest absolute Gasteiger partial charge is 0.382 e. The van der Waals surface area contributed by atoms with Gasteiger partial charge in [0.2, 0.25) is 11.8 Å². The van der Waals surface area contributed by atoms with E-state index in [1.54, 1.807) is 11.8 Å². The summed E-state index contributed by atoms with van der Waals surface area (Å²) in [7, 11) is 0. The van der Waals surface area contributed by atoms with Crippen molar-refractivity contribution in [3.63, 3.8) is 0 Å². The predicted molar refractivity (Wildman–Crippen MR) is 94.9 cm³/mol. The molecule has 1 unspecified atom stereocenters. The molecule has 2 amide bonds. The van der Waals surface area contributed by atoms with Crippen LogP contribution < -0.4 is 10.6 Å². The summed E-state index contributed by atoms with van der Waals surface area (Å²) in [5, 5.41) is 6.19. The van der Waals surface area contributed by atoms with Crippen LogP contribution in [0.3, 0.4) is 0 Å². The van der Waals surface area contributed by atoms with Gasteiger partial charge in [-0.15, -0.1) is 24.2 Å². The molecule has 0 aromatic rings. The van der Waals surface area contributed by atoms with Crippen LogP contribution in [0.5, 0.6) is 0 Å². The minimum atomic E-state index is -0.0334. The van der Waals surface area contributed by atoms with Crippen molar-refractivity contribution in [1.29, 1.82) is 0 Å². The standard InChI is InChI=1S/C15H27N3O3S.ClH/c1-2-21-9-3-6-16-14(19)12-4-7-18(8-5-12)15(20)13-10-22-11-17-13;/h12-13,17H,2-11H2,1H3,(H,16,19);1H. The van der Waals surface area contributed by atoms with E-state index in [2.05, 4.69) is 10.6 Å². The van der Waals surface area contributed by atoms with E-state index in [1.807, 2.05) is 11.8 Å². The predicted octanol–water partition coefficient (Wildman–Crippen LogP) is 0.852. The SMILES string of the molecule is CCOCCCNC(=O)C1CCN(C(=O)C2CSCN2)CC1.Cl. The van der Waals surface area contributed by atoms with E-state index in [1.165, 1.54) is 0 Å². The molecule has 2 heterocycles. The van der Waals surface area contributed by atoms with Crippen molar-refractivity contribution in [3.05, 3.63) is 0 Å². The monoisotopic (exact) mass is 365 g/mol. The Morgan fingerprint density at radius 1 is 1.35 bits per heavy atom. The van der Waals surface area contributed by atoms with Gasteiger partial charge in [0, 0.05) is 50.4 Å². The lowest BCUT2D eigenvalue weighted by Crippen LogP contribution is -2.49. The molecule has 2 rings (SSSR count). The molecule has 1 atom stereocenters. The number of halogens is 1. The topological polar surface area (TPSA) is 70.7 Å². The average molecular weight is 366 g/mol. The number of likely N-dealkylation sites (tertiary alicyclic amines) is 1. The van der Waals surface area contributed by atoms with Crippen molar-refractivity contribution in [2.24, 2.45) is 5.92 Å². The molecule has 0 aromatic carbocycles. The first kappa shape index (κ1) is 20.5. The summed E-state index contributed by atoms with van der Waals surface area (Å²) >= 11 is 1.76. The lowest BCUT2D eigenvalue weighted by Gasteiger charge is -2.32. The van der Waals surface area contributed by atoms with Crippen molar-refractivity contribution < 1.29 is 14.3 Å². The van der Waals surface area contributed by atoms with Gasteiger partial charge in [0.1, 0.15) is 0 Å². The molecule has 134 valence electrons. The van der Waals surface area contributed by atoms with Crippen LogP contribution in [0, 0.1) is 5.92 Å². The maximum absolute atomic E-state index is 12.3. The van der Waals surface area contributed by atoms with E-state index in [9.17, 15) is 9.59 Å². The molecule has 0 bridgehead atoms. The zero-order chi connectivity index (χ0) is 15.8. The highest BCUT2D eigenvalue weighted by Gasteiger charge is 2.31. The molecule has 0 saturated carbocycles. The van der Waals surface area contributed by atoms with E-state index >= 15 is 0 Å². The zero-order valence-corrected chi connectivity index (χ0v) is 15.3. The number of carbonyl (C=O) groups excluding carboxylic acids is 2. The van der Waals surface area contributed by atoms with Gasteiger partial charge < -0.3 is 15.0 Å². The molecule has 2 aliphatic heterocycles. The molecule has 0 aliphatic carbocycles. The number of nitrogens with zero attached hydrogens (tertiary/aromatic N) is 1. The third kappa shape index (κ3) is 6.49. The van der Waals surface area contributed by atoms with Gasteiger partial charge in [0.15, 0.2) is 0 Å². The molecule has 0 radical (unpaired) electrons. The van der Waals surface area contributed by atoms with Crippen LogP contribution >= 0.6 is 24.2 Å². The van der Waals surface area contributed by atoms with E-state index in [0.29, 0.717) is 26.2 Å². The molecular weight excluding hydrogens is 338 g/mol. The first-order valence-electron chi connectivity index (χ1n) is 8.17. The van der Waals surface area contributed by atoms with Crippen LogP contribution in [0.4, 0.5) is 0 Å². The lowest BCUT2D eigenvalue weighted by atomic mass is 9.95. The highest BCUT2D eigenvalue weighted by molar-refractivity contribution is 7.99. The summed E-state index contributed by atoms with van der Waals surface area (Å²) in [6.45, 7) is 5.43. The molecule has 0 spiro atoms. The van der Waals surface area contributed by atoms with Gasteiger partial charge in [-0.2, -0.15) is 0 Å². The van der Waals surface area contributed by atoms with Gasteiger partial charge in [-0.05, 0) is 26.2 Å². The Morgan fingerprint density at radius 3 is 2.70 bits per heavy atom. The van der Waals surface area contributed by atoms with Gasteiger partial charge in [-0.1, -0.05) is 0 Å². The molecule has 6 nitrogen and oxygen atoms in total. The number of ether oxygens (including phenoxy) is 1. The quantitative estimate of drug-likeness (QED) is 0.654. The van der Waals surface area contributed by atoms with Crippen LogP contribution in [0.1, 0.15) is 26.2 Å². The first-order valence-corrected chi connectivity index (χ1v) is 9.33. The minimum Gasteiger partial charge on any atom is -0.382 e. The maximum atomic E-state index is 12.3. The average Bonchev–Trinajstić information content (AvgIpc) is 3.08. The Kier molecular flexibility index (Phi) is 9.94. The number of hydrogen-bond acceptors (Lipinski definition) is 5. The van der Waals surface area contributed by atoms with Crippen LogP contribution in [0.15, 0.2) is 0 Å². The number of hydrogen-bond donors (Lipinski definition) is 2. The second-order valence-corrected chi connectivity index (χ2v) is 6.74. The fraction of sp³-hybridized carbons (Fsp3) is 0.867. The minimum absolute atomic E-state index is 0. The highest BCUT2D eigenvalue weighted by Crippen LogP contribution is 2.20. The third-order valence-electron chi connectivity index (χ3n) is 4.16. The molecular formula is C15H28ClN3O3S. The molecule has 23 heavy (non-hydrogen) atoms. The van der Waals surface area contributed by atoms with Crippen molar-refractivity contribution in [2.75, 3.05) is 44.5 Å². The molecule has 2 aliphatic rings. The first-order chi connectivity index (χ1) is 10.7.